The Labute approximate surface area is 191 Å². The lowest BCUT2D eigenvalue weighted by Gasteiger charge is -2.30. The number of sulfonamides is 1. The molecule has 1 amide bonds. The number of carbonyl (C=O) groups is 1. The van der Waals surface area contributed by atoms with E-state index < -0.39 is 22.0 Å². The second-order valence-corrected chi connectivity index (χ2v) is 10.3. The monoisotopic (exact) mass is 492 g/mol. The molecule has 1 atom stereocenters. The Morgan fingerprint density at radius 2 is 1.93 bits per heavy atom. The van der Waals surface area contributed by atoms with Gasteiger partial charge in [-0.25, -0.2) is 12.8 Å². The van der Waals surface area contributed by atoms with Gasteiger partial charge in [-0.15, -0.1) is 0 Å². The smallest absolute Gasteiger partial charge is 0.243 e. The van der Waals surface area contributed by atoms with Gasteiger partial charge in [-0.05, 0) is 36.8 Å². The minimum absolute atomic E-state index is 0.281. The lowest BCUT2D eigenvalue weighted by Crippen LogP contribution is -2.49. The number of nitrogens with zero attached hydrogens (tertiary/aromatic N) is 1. The second kappa shape index (κ2) is 11.2. The van der Waals surface area contributed by atoms with Crippen molar-refractivity contribution in [1.29, 1.82) is 0 Å². The number of benzene rings is 2. The van der Waals surface area contributed by atoms with E-state index in [0.717, 1.165) is 10.6 Å². The molecule has 0 saturated heterocycles. The fraction of sp³-hybridized carbons (Fsp3) is 0.350. The number of rotatable bonds is 10. The molecule has 5 nitrogen and oxygen atoms in total. The standard InChI is InChI=1S/C20H23Cl2FN2O3S2/c1-3-19(25(30(2,27)28)15-7-4-6-14(21)12-15)20(26)24-10-11-29-13-16-17(22)8-5-9-18(16)23/h4-9,12,19H,3,10-11,13H2,1-2H3,(H,24,26)/t19-/m0/s1. The van der Waals surface area contributed by atoms with E-state index in [2.05, 4.69) is 5.32 Å². The predicted octanol–water partition coefficient (Wildman–Crippen LogP) is 4.73. The fourth-order valence-corrected chi connectivity index (χ4v) is 5.47. The summed E-state index contributed by atoms with van der Waals surface area (Å²) in [6, 6.07) is 9.98. The zero-order valence-corrected chi connectivity index (χ0v) is 19.7. The van der Waals surface area contributed by atoms with Gasteiger partial charge in [-0.2, -0.15) is 11.8 Å². The van der Waals surface area contributed by atoms with Crippen LogP contribution in [0.3, 0.4) is 0 Å². The summed E-state index contributed by atoms with van der Waals surface area (Å²) < 4.78 is 39.7. The minimum atomic E-state index is -3.72. The highest BCUT2D eigenvalue weighted by atomic mass is 35.5. The SMILES string of the molecule is CC[C@@H](C(=O)NCCSCc1c(F)cccc1Cl)N(c1cccc(Cl)c1)S(C)(=O)=O. The first kappa shape index (κ1) is 24.8. The molecular formula is C20H23Cl2FN2O3S2. The zero-order valence-electron chi connectivity index (χ0n) is 16.6. The number of thioether (sulfide) groups is 1. The normalized spacial score (nSPS) is 12.4. The van der Waals surface area contributed by atoms with Crippen molar-refractivity contribution in [1.82, 2.24) is 5.32 Å². The molecular weight excluding hydrogens is 470 g/mol. The van der Waals surface area contributed by atoms with Crippen LogP contribution in [0.5, 0.6) is 0 Å². The van der Waals surface area contributed by atoms with E-state index in [1.165, 1.54) is 23.9 Å². The van der Waals surface area contributed by atoms with E-state index in [1.807, 2.05) is 0 Å². The van der Waals surface area contributed by atoms with Crippen LogP contribution >= 0.6 is 35.0 Å². The van der Waals surface area contributed by atoms with Crippen molar-refractivity contribution < 1.29 is 17.6 Å². The maximum Gasteiger partial charge on any atom is 0.243 e. The van der Waals surface area contributed by atoms with Crippen LogP contribution in [-0.2, 0) is 20.6 Å². The van der Waals surface area contributed by atoms with Crippen LogP contribution in [0.15, 0.2) is 42.5 Å². The largest absolute Gasteiger partial charge is 0.353 e. The third-order valence-electron chi connectivity index (χ3n) is 4.25. The lowest BCUT2D eigenvalue weighted by atomic mass is 10.2. The van der Waals surface area contributed by atoms with Crippen molar-refractivity contribution in [3.8, 4) is 0 Å². The second-order valence-electron chi connectivity index (χ2n) is 6.51. The fourth-order valence-electron chi connectivity index (χ4n) is 2.88. The van der Waals surface area contributed by atoms with Gasteiger partial charge in [0, 0.05) is 33.7 Å². The van der Waals surface area contributed by atoms with Gasteiger partial charge in [0.05, 0.1) is 11.9 Å². The molecule has 0 aliphatic heterocycles. The van der Waals surface area contributed by atoms with Crippen LogP contribution in [0.1, 0.15) is 18.9 Å². The van der Waals surface area contributed by atoms with Gasteiger partial charge in [-0.1, -0.05) is 42.3 Å². The number of carbonyl (C=O) groups excluding carboxylic acids is 1. The van der Waals surface area contributed by atoms with Crippen LogP contribution in [-0.4, -0.2) is 38.9 Å². The molecule has 0 saturated carbocycles. The van der Waals surface area contributed by atoms with Crippen LogP contribution in [0, 0.1) is 5.82 Å². The van der Waals surface area contributed by atoms with Crippen molar-refractivity contribution in [3.63, 3.8) is 0 Å². The molecule has 1 N–H and O–H groups in total. The van der Waals surface area contributed by atoms with Gasteiger partial charge in [0.25, 0.3) is 0 Å². The number of halogens is 3. The van der Waals surface area contributed by atoms with E-state index in [-0.39, 0.29) is 12.2 Å². The van der Waals surface area contributed by atoms with Crippen molar-refractivity contribution in [3.05, 3.63) is 63.9 Å². The molecule has 2 rings (SSSR count). The quantitative estimate of drug-likeness (QED) is 0.487. The third kappa shape index (κ3) is 6.77. The topological polar surface area (TPSA) is 66.5 Å². The predicted molar refractivity (Wildman–Crippen MR) is 123 cm³/mol. The number of amides is 1. The van der Waals surface area contributed by atoms with Gasteiger partial charge in [-0.3, -0.25) is 9.10 Å². The van der Waals surface area contributed by atoms with Crippen molar-refractivity contribution in [2.45, 2.75) is 25.1 Å². The molecule has 0 aliphatic carbocycles. The average Bonchev–Trinajstić information content (AvgIpc) is 2.66. The van der Waals surface area contributed by atoms with Gasteiger partial charge in [0.1, 0.15) is 11.9 Å². The Morgan fingerprint density at radius 3 is 2.53 bits per heavy atom. The van der Waals surface area contributed by atoms with E-state index in [4.69, 9.17) is 23.2 Å². The molecule has 30 heavy (non-hydrogen) atoms. The number of nitrogens with one attached hydrogen (secondary N) is 1. The van der Waals surface area contributed by atoms with Crippen LogP contribution < -0.4 is 9.62 Å². The zero-order chi connectivity index (χ0) is 22.3. The van der Waals surface area contributed by atoms with Crippen LogP contribution in [0.2, 0.25) is 10.0 Å². The summed E-state index contributed by atoms with van der Waals surface area (Å²) in [5.74, 6) is 0.113. The van der Waals surface area contributed by atoms with Crippen molar-refractivity contribution in [2.75, 3.05) is 22.9 Å². The highest BCUT2D eigenvalue weighted by Crippen LogP contribution is 2.26. The molecule has 2 aromatic carbocycles. The number of hydrogen-bond acceptors (Lipinski definition) is 4. The molecule has 0 aliphatic rings. The highest BCUT2D eigenvalue weighted by molar-refractivity contribution is 7.98. The Morgan fingerprint density at radius 1 is 1.23 bits per heavy atom. The molecule has 0 radical (unpaired) electrons. The first-order valence-corrected chi connectivity index (χ1v) is 12.9. The summed E-state index contributed by atoms with van der Waals surface area (Å²) in [7, 11) is -3.72. The van der Waals surface area contributed by atoms with Gasteiger partial charge >= 0.3 is 0 Å². The molecule has 0 heterocycles. The molecule has 0 bridgehead atoms. The summed E-state index contributed by atoms with van der Waals surface area (Å²) in [6.07, 6.45) is 1.33. The molecule has 0 spiro atoms. The summed E-state index contributed by atoms with van der Waals surface area (Å²) in [5, 5.41) is 3.50. The van der Waals surface area contributed by atoms with E-state index in [9.17, 15) is 17.6 Å². The van der Waals surface area contributed by atoms with Gasteiger partial charge in [0.15, 0.2) is 0 Å². The Balaban J connectivity index is 1.99. The van der Waals surface area contributed by atoms with Crippen LogP contribution in [0.25, 0.3) is 0 Å². The molecule has 164 valence electrons. The van der Waals surface area contributed by atoms with Crippen molar-refractivity contribution in [2.24, 2.45) is 0 Å². The maximum absolute atomic E-state index is 13.8. The molecule has 0 aromatic heterocycles. The number of anilines is 1. The van der Waals surface area contributed by atoms with Crippen molar-refractivity contribution >= 4 is 56.6 Å². The summed E-state index contributed by atoms with van der Waals surface area (Å²) in [4.78, 5) is 12.7. The Kier molecular flexibility index (Phi) is 9.28. The van der Waals surface area contributed by atoms with Gasteiger partial charge < -0.3 is 5.32 Å². The third-order valence-corrected chi connectivity index (χ3v) is 7.00. The van der Waals surface area contributed by atoms with E-state index in [1.54, 1.807) is 37.3 Å². The van der Waals surface area contributed by atoms with Crippen LogP contribution in [0.4, 0.5) is 10.1 Å². The van der Waals surface area contributed by atoms with E-state index >= 15 is 0 Å². The molecule has 2 aromatic rings. The Bertz CT molecular complexity index is 970. The minimum Gasteiger partial charge on any atom is -0.353 e. The molecule has 0 unspecified atom stereocenters. The first-order chi connectivity index (χ1) is 14.1. The maximum atomic E-state index is 13.8. The first-order valence-electron chi connectivity index (χ1n) is 9.18. The summed E-state index contributed by atoms with van der Waals surface area (Å²) >= 11 is 13.4. The Hall–Kier alpha value is -1.48. The lowest BCUT2D eigenvalue weighted by molar-refractivity contribution is -0.122. The van der Waals surface area contributed by atoms with E-state index in [0.29, 0.717) is 39.3 Å². The summed E-state index contributed by atoms with van der Waals surface area (Å²) in [6.45, 7) is 2.04. The average molecular weight is 493 g/mol. The molecule has 10 heteroatoms. The highest BCUT2D eigenvalue weighted by Gasteiger charge is 2.31. The summed E-state index contributed by atoms with van der Waals surface area (Å²) in [5.41, 5.74) is 0.752. The number of hydrogen-bond donors (Lipinski definition) is 1. The molecule has 0 fully saturated rings. The van der Waals surface area contributed by atoms with Gasteiger partial charge in [0.2, 0.25) is 15.9 Å².